The predicted octanol–water partition coefficient (Wildman–Crippen LogP) is 4.06. The van der Waals surface area contributed by atoms with Crippen molar-refractivity contribution in [3.63, 3.8) is 0 Å². The topological polar surface area (TPSA) is 67.4 Å². The number of benzene rings is 2. The van der Waals surface area contributed by atoms with E-state index in [2.05, 4.69) is 10.6 Å². The molecule has 0 aliphatic heterocycles. The van der Waals surface area contributed by atoms with Crippen molar-refractivity contribution in [3.8, 4) is 5.75 Å². The Bertz CT molecular complexity index is 754. The standard InChI is InChI=1S/C20H24N2O3/c1-5-19(25-18-11-6-13(2)14(3)12-18)20(24)22-17-9-7-16(8-10-17)21-15(4)23/h6-12,19H,5H2,1-4H3,(H,21,23)(H,22,24). The molecule has 0 saturated heterocycles. The number of nitrogens with one attached hydrogen (secondary N) is 2. The second kappa shape index (κ2) is 8.33. The molecular weight excluding hydrogens is 316 g/mol. The molecule has 0 aliphatic carbocycles. The van der Waals surface area contributed by atoms with Crippen LogP contribution in [-0.4, -0.2) is 17.9 Å². The highest BCUT2D eigenvalue weighted by Crippen LogP contribution is 2.20. The fourth-order valence-electron chi connectivity index (χ4n) is 2.34. The molecule has 1 atom stereocenters. The smallest absolute Gasteiger partial charge is 0.265 e. The molecule has 2 aromatic rings. The van der Waals surface area contributed by atoms with Crippen molar-refractivity contribution in [2.75, 3.05) is 10.6 Å². The minimum Gasteiger partial charge on any atom is -0.481 e. The summed E-state index contributed by atoms with van der Waals surface area (Å²) in [7, 11) is 0. The first-order valence-electron chi connectivity index (χ1n) is 8.31. The van der Waals surface area contributed by atoms with Crippen molar-refractivity contribution in [2.45, 2.75) is 40.2 Å². The Morgan fingerprint density at radius 1 is 0.960 bits per heavy atom. The number of aryl methyl sites for hydroxylation is 2. The SMILES string of the molecule is CCC(Oc1ccc(C)c(C)c1)C(=O)Nc1ccc(NC(C)=O)cc1. The first-order valence-corrected chi connectivity index (χ1v) is 8.31. The molecule has 2 aromatic carbocycles. The summed E-state index contributed by atoms with van der Waals surface area (Å²) in [6.45, 7) is 7.41. The maximum absolute atomic E-state index is 12.5. The molecule has 2 amide bonds. The molecule has 132 valence electrons. The van der Waals surface area contributed by atoms with E-state index in [-0.39, 0.29) is 11.8 Å². The van der Waals surface area contributed by atoms with Crippen molar-refractivity contribution in [2.24, 2.45) is 0 Å². The van der Waals surface area contributed by atoms with Crippen molar-refractivity contribution in [3.05, 3.63) is 53.6 Å². The monoisotopic (exact) mass is 340 g/mol. The molecule has 5 heteroatoms. The van der Waals surface area contributed by atoms with Crippen molar-refractivity contribution >= 4 is 23.2 Å². The number of hydrogen-bond donors (Lipinski definition) is 2. The van der Waals surface area contributed by atoms with Crippen LogP contribution in [0.5, 0.6) is 5.75 Å². The molecule has 5 nitrogen and oxygen atoms in total. The van der Waals surface area contributed by atoms with Gasteiger partial charge in [0.1, 0.15) is 5.75 Å². The van der Waals surface area contributed by atoms with Crippen LogP contribution < -0.4 is 15.4 Å². The average Bonchev–Trinajstić information content (AvgIpc) is 2.57. The minimum absolute atomic E-state index is 0.135. The molecule has 25 heavy (non-hydrogen) atoms. The van der Waals surface area contributed by atoms with Gasteiger partial charge in [-0.3, -0.25) is 9.59 Å². The fourth-order valence-corrected chi connectivity index (χ4v) is 2.34. The summed E-state index contributed by atoms with van der Waals surface area (Å²) >= 11 is 0. The Morgan fingerprint density at radius 2 is 1.56 bits per heavy atom. The highest BCUT2D eigenvalue weighted by Gasteiger charge is 2.18. The summed E-state index contributed by atoms with van der Waals surface area (Å²) in [5, 5.41) is 5.53. The normalized spacial score (nSPS) is 11.5. The summed E-state index contributed by atoms with van der Waals surface area (Å²) in [5.41, 5.74) is 3.65. The zero-order chi connectivity index (χ0) is 18.4. The first kappa shape index (κ1) is 18.5. The Labute approximate surface area is 148 Å². The van der Waals surface area contributed by atoms with Gasteiger partial charge >= 0.3 is 0 Å². The second-order valence-corrected chi connectivity index (χ2v) is 6.01. The van der Waals surface area contributed by atoms with E-state index in [1.165, 1.54) is 12.5 Å². The van der Waals surface area contributed by atoms with Gasteiger partial charge in [-0.25, -0.2) is 0 Å². The van der Waals surface area contributed by atoms with Crippen molar-refractivity contribution in [1.29, 1.82) is 0 Å². The van der Waals surface area contributed by atoms with E-state index in [0.29, 0.717) is 23.5 Å². The Balaban J connectivity index is 2.01. The summed E-state index contributed by atoms with van der Waals surface area (Å²) in [4.78, 5) is 23.5. The van der Waals surface area contributed by atoms with Crippen molar-refractivity contribution < 1.29 is 14.3 Å². The highest BCUT2D eigenvalue weighted by atomic mass is 16.5. The predicted molar refractivity (Wildman–Crippen MR) is 100.0 cm³/mol. The lowest BCUT2D eigenvalue weighted by molar-refractivity contribution is -0.122. The zero-order valence-corrected chi connectivity index (χ0v) is 15.1. The molecule has 0 heterocycles. The van der Waals surface area contributed by atoms with Gasteiger partial charge in [-0.15, -0.1) is 0 Å². The molecule has 0 aliphatic rings. The number of carbonyl (C=O) groups excluding carboxylic acids is 2. The van der Waals surface area contributed by atoms with Gasteiger partial charge in [-0.2, -0.15) is 0 Å². The average molecular weight is 340 g/mol. The lowest BCUT2D eigenvalue weighted by Gasteiger charge is -2.18. The number of carbonyl (C=O) groups is 2. The van der Waals surface area contributed by atoms with Gasteiger partial charge in [0, 0.05) is 18.3 Å². The van der Waals surface area contributed by atoms with Crippen LogP contribution in [0.4, 0.5) is 11.4 Å². The molecule has 2 rings (SSSR count). The van der Waals surface area contributed by atoms with E-state index in [0.717, 1.165) is 5.56 Å². The lowest BCUT2D eigenvalue weighted by Crippen LogP contribution is -2.32. The zero-order valence-electron chi connectivity index (χ0n) is 15.1. The molecule has 0 spiro atoms. The van der Waals surface area contributed by atoms with Gasteiger partial charge in [0.05, 0.1) is 0 Å². The first-order chi connectivity index (χ1) is 11.9. The lowest BCUT2D eigenvalue weighted by atomic mass is 10.1. The van der Waals surface area contributed by atoms with E-state index in [1.807, 2.05) is 39.0 Å². The third-order valence-corrected chi connectivity index (χ3v) is 3.89. The molecular formula is C20H24N2O3. The number of ether oxygens (including phenoxy) is 1. The van der Waals surface area contributed by atoms with Gasteiger partial charge in [0.2, 0.25) is 5.91 Å². The summed E-state index contributed by atoms with van der Waals surface area (Å²) in [6, 6.07) is 12.8. The van der Waals surface area contributed by atoms with Crippen molar-refractivity contribution in [1.82, 2.24) is 0 Å². The van der Waals surface area contributed by atoms with Gasteiger partial charge in [-0.1, -0.05) is 13.0 Å². The number of hydrogen-bond acceptors (Lipinski definition) is 3. The Morgan fingerprint density at radius 3 is 2.08 bits per heavy atom. The minimum atomic E-state index is -0.572. The van der Waals surface area contributed by atoms with E-state index in [9.17, 15) is 9.59 Å². The summed E-state index contributed by atoms with van der Waals surface area (Å²) in [6.07, 6.45) is -0.0138. The fraction of sp³-hybridized carbons (Fsp3) is 0.300. The second-order valence-electron chi connectivity index (χ2n) is 6.01. The number of rotatable bonds is 6. The van der Waals surface area contributed by atoms with E-state index >= 15 is 0 Å². The summed E-state index contributed by atoms with van der Waals surface area (Å²) < 4.78 is 5.84. The Hall–Kier alpha value is -2.82. The van der Waals surface area contributed by atoms with Gasteiger partial charge < -0.3 is 15.4 Å². The van der Waals surface area contributed by atoms with Gasteiger partial charge in [0.25, 0.3) is 5.91 Å². The third kappa shape index (κ3) is 5.35. The molecule has 0 aromatic heterocycles. The summed E-state index contributed by atoms with van der Waals surface area (Å²) in [5.74, 6) is 0.351. The maximum atomic E-state index is 12.5. The van der Waals surface area contributed by atoms with Gasteiger partial charge in [0.15, 0.2) is 6.10 Å². The molecule has 2 N–H and O–H groups in total. The molecule has 0 bridgehead atoms. The Kier molecular flexibility index (Phi) is 6.17. The number of amides is 2. The van der Waals surface area contributed by atoms with Crippen LogP contribution in [0.2, 0.25) is 0 Å². The molecule has 0 saturated carbocycles. The third-order valence-electron chi connectivity index (χ3n) is 3.89. The van der Waals surface area contributed by atoms with Crippen LogP contribution >= 0.6 is 0 Å². The van der Waals surface area contributed by atoms with Crippen LogP contribution in [0.15, 0.2) is 42.5 Å². The van der Waals surface area contributed by atoms with Crippen LogP contribution in [0.3, 0.4) is 0 Å². The molecule has 1 unspecified atom stereocenters. The van der Waals surface area contributed by atoms with Crippen LogP contribution in [0.25, 0.3) is 0 Å². The number of anilines is 2. The highest BCUT2D eigenvalue weighted by molar-refractivity contribution is 5.95. The largest absolute Gasteiger partial charge is 0.481 e. The maximum Gasteiger partial charge on any atom is 0.265 e. The van der Waals surface area contributed by atoms with Crippen LogP contribution in [0, 0.1) is 13.8 Å². The van der Waals surface area contributed by atoms with Crippen LogP contribution in [0.1, 0.15) is 31.4 Å². The van der Waals surface area contributed by atoms with Crippen LogP contribution in [-0.2, 0) is 9.59 Å². The quantitative estimate of drug-likeness (QED) is 0.833. The van der Waals surface area contributed by atoms with E-state index < -0.39 is 6.10 Å². The van der Waals surface area contributed by atoms with E-state index in [1.54, 1.807) is 24.3 Å². The molecule has 0 fully saturated rings. The molecule has 0 radical (unpaired) electrons. The van der Waals surface area contributed by atoms with E-state index in [4.69, 9.17) is 4.74 Å². The van der Waals surface area contributed by atoms with Gasteiger partial charge in [-0.05, 0) is 67.8 Å².